The predicted molar refractivity (Wildman–Crippen MR) is 110 cm³/mol. The third kappa shape index (κ3) is 4.64. The molecule has 1 aromatic carbocycles. The number of piperidine rings is 2. The number of halogens is 1. The molecule has 1 aromatic rings. The second kappa shape index (κ2) is 9.02. The lowest BCUT2D eigenvalue weighted by Gasteiger charge is -2.36. The number of benzene rings is 1. The van der Waals surface area contributed by atoms with Crippen LogP contribution in [0.4, 0.5) is 0 Å². The van der Waals surface area contributed by atoms with Crippen LogP contribution in [0, 0.1) is 0 Å². The number of amides is 1. The summed E-state index contributed by atoms with van der Waals surface area (Å²) in [6.07, 6.45) is 8.66. The molecule has 0 bridgehead atoms. The number of likely N-dealkylation sites (tertiary alicyclic amines) is 2. The molecule has 1 amide bonds. The molecule has 1 saturated carbocycles. The monoisotopic (exact) mass is 406 g/mol. The van der Waals surface area contributed by atoms with Crippen LogP contribution in [0.3, 0.4) is 0 Å². The van der Waals surface area contributed by atoms with Gasteiger partial charge in [-0.05, 0) is 56.7 Å². The number of aliphatic hydroxyl groups is 1. The van der Waals surface area contributed by atoms with Gasteiger partial charge in [0.25, 0.3) is 5.91 Å². The largest absolute Gasteiger partial charge is 0.489 e. The summed E-state index contributed by atoms with van der Waals surface area (Å²) in [5.41, 5.74) is 0.514. The van der Waals surface area contributed by atoms with E-state index < -0.39 is 6.10 Å². The third-order valence-corrected chi connectivity index (χ3v) is 6.70. The number of hydrogen-bond acceptors (Lipinski definition) is 4. The van der Waals surface area contributed by atoms with E-state index in [0.29, 0.717) is 29.4 Å². The topological polar surface area (TPSA) is 53.0 Å². The number of hydrogen-bond donors (Lipinski definition) is 1. The van der Waals surface area contributed by atoms with E-state index in [1.807, 2.05) is 6.07 Å². The van der Waals surface area contributed by atoms with Gasteiger partial charge < -0.3 is 19.6 Å². The molecule has 1 aliphatic carbocycles. The first-order valence-electron chi connectivity index (χ1n) is 10.8. The zero-order valence-electron chi connectivity index (χ0n) is 16.5. The van der Waals surface area contributed by atoms with Gasteiger partial charge in [0.1, 0.15) is 11.9 Å². The summed E-state index contributed by atoms with van der Waals surface area (Å²) in [6.45, 7) is 3.20. The van der Waals surface area contributed by atoms with Crippen LogP contribution in [-0.4, -0.2) is 65.2 Å². The van der Waals surface area contributed by atoms with Crippen molar-refractivity contribution in [1.29, 1.82) is 0 Å². The molecule has 0 radical (unpaired) electrons. The van der Waals surface area contributed by atoms with Crippen LogP contribution in [0.25, 0.3) is 0 Å². The van der Waals surface area contributed by atoms with Gasteiger partial charge in [-0.3, -0.25) is 4.79 Å². The van der Waals surface area contributed by atoms with Crippen molar-refractivity contribution in [1.82, 2.24) is 9.80 Å². The lowest BCUT2D eigenvalue weighted by molar-refractivity contribution is 0.0460. The van der Waals surface area contributed by atoms with E-state index in [0.717, 1.165) is 44.8 Å². The Hall–Kier alpha value is -1.30. The summed E-state index contributed by atoms with van der Waals surface area (Å²) in [5, 5.41) is 10.5. The molecule has 154 valence electrons. The molecule has 0 aromatic heterocycles. The van der Waals surface area contributed by atoms with E-state index in [9.17, 15) is 9.90 Å². The number of carbonyl (C=O) groups is 1. The molecular weight excluding hydrogens is 376 g/mol. The highest BCUT2D eigenvalue weighted by molar-refractivity contribution is 6.31. The van der Waals surface area contributed by atoms with E-state index in [4.69, 9.17) is 16.3 Å². The van der Waals surface area contributed by atoms with Gasteiger partial charge in [-0.15, -0.1) is 0 Å². The highest BCUT2D eigenvalue weighted by Crippen LogP contribution is 2.30. The molecule has 3 fully saturated rings. The van der Waals surface area contributed by atoms with Crippen molar-refractivity contribution in [3.63, 3.8) is 0 Å². The van der Waals surface area contributed by atoms with Crippen molar-refractivity contribution in [3.05, 3.63) is 28.8 Å². The van der Waals surface area contributed by atoms with Gasteiger partial charge in [0, 0.05) is 37.2 Å². The molecule has 2 heterocycles. The molecule has 28 heavy (non-hydrogen) atoms. The molecule has 2 saturated heterocycles. The lowest BCUT2D eigenvalue weighted by atomic mass is 10.0. The number of β-amino-alcohol motifs (C(OH)–C–C–N with tert-alkyl or cyclic N) is 1. The molecule has 4 rings (SSSR count). The van der Waals surface area contributed by atoms with Gasteiger partial charge in [0.15, 0.2) is 0 Å². The summed E-state index contributed by atoms with van der Waals surface area (Å²) in [5.74, 6) is 0.522. The number of aliphatic hydroxyl groups excluding tert-OH is 1. The highest BCUT2D eigenvalue weighted by Gasteiger charge is 2.30. The Labute approximate surface area is 172 Å². The van der Waals surface area contributed by atoms with E-state index in [1.54, 1.807) is 17.0 Å². The Kier molecular flexibility index (Phi) is 6.44. The van der Waals surface area contributed by atoms with Gasteiger partial charge in [-0.2, -0.15) is 0 Å². The Bertz CT molecular complexity index is 684. The quantitative estimate of drug-likeness (QED) is 0.827. The summed E-state index contributed by atoms with van der Waals surface area (Å²) in [4.78, 5) is 17.4. The molecule has 2 aliphatic heterocycles. The minimum atomic E-state index is -0.443. The minimum absolute atomic E-state index is 0.0976. The Balaban J connectivity index is 1.41. The first-order valence-corrected chi connectivity index (χ1v) is 11.2. The zero-order valence-corrected chi connectivity index (χ0v) is 17.2. The van der Waals surface area contributed by atoms with Crippen molar-refractivity contribution in [2.45, 2.75) is 69.6 Å². The van der Waals surface area contributed by atoms with Crippen molar-refractivity contribution in [2.24, 2.45) is 0 Å². The smallest absolute Gasteiger partial charge is 0.257 e. The summed E-state index contributed by atoms with van der Waals surface area (Å²) >= 11 is 6.18. The van der Waals surface area contributed by atoms with Crippen molar-refractivity contribution in [3.8, 4) is 5.75 Å². The molecule has 1 atom stereocenters. The van der Waals surface area contributed by atoms with Crippen LogP contribution < -0.4 is 4.74 Å². The maximum Gasteiger partial charge on any atom is 0.257 e. The van der Waals surface area contributed by atoms with E-state index in [1.165, 1.54) is 25.7 Å². The Morgan fingerprint density at radius 2 is 1.79 bits per heavy atom. The number of rotatable bonds is 4. The molecule has 1 N–H and O–H groups in total. The maximum atomic E-state index is 13.1. The van der Waals surface area contributed by atoms with Crippen LogP contribution in [0.15, 0.2) is 18.2 Å². The van der Waals surface area contributed by atoms with Crippen LogP contribution in [-0.2, 0) is 0 Å². The average molecular weight is 407 g/mol. The van der Waals surface area contributed by atoms with Gasteiger partial charge in [0.2, 0.25) is 0 Å². The molecule has 6 heteroatoms. The minimum Gasteiger partial charge on any atom is -0.489 e. The normalized spacial score (nSPS) is 25.2. The number of carbonyl (C=O) groups excluding carboxylic acids is 1. The summed E-state index contributed by atoms with van der Waals surface area (Å²) < 4.78 is 6.30. The fourth-order valence-electron chi connectivity index (χ4n) is 4.89. The molecule has 3 aliphatic rings. The van der Waals surface area contributed by atoms with Gasteiger partial charge >= 0.3 is 0 Å². The van der Waals surface area contributed by atoms with Crippen LogP contribution >= 0.6 is 11.6 Å². The van der Waals surface area contributed by atoms with E-state index in [2.05, 4.69) is 4.90 Å². The first-order chi connectivity index (χ1) is 13.6. The van der Waals surface area contributed by atoms with Crippen LogP contribution in [0.1, 0.15) is 61.7 Å². The number of nitrogens with zero attached hydrogens (tertiary/aromatic N) is 2. The van der Waals surface area contributed by atoms with E-state index >= 15 is 0 Å². The Morgan fingerprint density at radius 3 is 2.50 bits per heavy atom. The molecule has 5 nitrogen and oxygen atoms in total. The SMILES string of the molecule is O=C(c1cc(Cl)ccc1OC1CCN(C2CCCC2)CC1)N1CCC[C@H](O)C1. The zero-order chi connectivity index (χ0) is 19.5. The first kappa shape index (κ1) is 20.0. The highest BCUT2D eigenvalue weighted by atomic mass is 35.5. The van der Waals surface area contributed by atoms with E-state index in [-0.39, 0.29) is 12.0 Å². The van der Waals surface area contributed by atoms with Crippen LogP contribution in [0.5, 0.6) is 5.75 Å². The fraction of sp³-hybridized carbons (Fsp3) is 0.682. The third-order valence-electron chi connectivity index (χ3n) is 6.47. The Morgan fingerprint density at radius 1 is 1.04 bits per heavy atom. The van der Waals surface area contributed by atoms with Crippen molar-refractivity contribution < 1.29 is 14.6 Å². The lowest BCUT2D eigenvalue weighted by Crippen LogP contribution is -2.43. The molecular formula is C22H31ClN2O3. The van der Waals surface area contributed by atoms with Crippen molar-refractivity contribution >= 4 is 17.5 Å². The second-order valence-electron chi connectivity index (χ2n) is 8.48. The second-order valence-corrected chi connectivity index (χ2v) is 8.92. The molecule has 0 unspecified atom stereocenters. The van der Waals surface area contributed by atoms with Crippen molar-refractivity contribution in [2.75, 3.05) is 26.2 Å². The van der Waals surface area contributed by atoms with Gasteiger partial charge in [-0.25, -0.2) is 0 Å². The summed E-state index contributed by atoms with van der Waals surface area (Å²) in [7, 11) is 0. The average Bonchev–Trinajstić information content (AvgIpc) is 3.24. The standard InChI is InChI=1S/C22H31ClN2O3/c23-16-7-8-21(20(14-16)22(27)25-11-3-6-18(26)15-25)28-19-9-12-24(13-10-19)17-4-1-2-5-17/h7-8,14,17-19,26H,1-6,9-13,15H2/t18-/m0/s1. The maximum absolute atomic E-state index is 13.1. The van der Waals surface area contributed by atoms with Gasteiger partial charge in [0.05, 0.1) is 11.7 Å². The fourth-order valence-corrected chi connectivity index (χ4v) is 5.06. The summed E-state index contributed by atoms with van der Waals surface area (Å²) in [6, 6.07) is 6.07. The predicted octanol–water partition coefficient (Wildman–Crippen LogP) is 3.72. The van der Waals surface area contributed by atoms with Gasteiger partial charge in [-0.1, -0.05) is 24.4 Å². The van der Waals surface area contributed by atoms with Crippen LogP contribution in [0.2, 0.25) is 5.02 Å². The molecule has 0 spiro atoms. The number of ether oxygens (including phenoxy) is 1.